The standard InChI is InChI=1S/C21H25N5O3/c1-4-29-18-7-5-17(6-8-18)14-20(27)22-11-12-25-21(28)10-9-19(24-25)26-16(3)13-15(2)23-26/h5-10,13H,4,11-12,14H2,1-3H3,(H,22,27). The number of nitrogens with one attached hydrogen (secondary N) is 1. The summed E-state index contributed by atoms with van der Waals surface area (Å²) in [5, 5.41) is 11.6. The largest absolute Gasteiger partial charge is 0.494 e. The van der Waals surface area contributed by atoms with Gasteiger partial charge in [-0.25, -0.2) is 9.36 Å². The maximum atomic E-state index is 12.2. The van der Waals surface area contributed by atoms with E-state index in [1.807, 2.05) is 51.1 Å². The quantitative estimate of drug-likeness (QED) is 0.628. The lowest BCUT2D eigenvalue weighted by Crippen LogP contribution is -2.33. The van der Waals surface area contributed by atoms with E-state index in [0.717, 1.165) is 22.7 Å². The van der Waals surface area contributed by atoms with E-state index in [4.69, 9.17) is 4.74 Å². The third kappa shape index (κ3) is 5.31. The number of hydrogen-bond donors (Lipinski definition) is 1. The Balaban J connectivity index is 1.57. The first-order valence-corrected chi connectivity index (χ1v) is 9.56. The van der Waals surface area contributed by atoms with Gasteiger partial charge in [-0.2, -0.15) is 5.10 Å². The highest BCUT2D eigenvalue weighted by molar-refractivity contribution is 5.78. The molecule has 0 radical (unpaired) electrons. The van der Waals surface area contributed by atoms with Crippen LogP contribution in [0.4, 0.5) is 0 Å². The van der Waals surface area contributed by atoms with Crippen LogP contribution in [0.1, 0.15) is 23.9 Å². The molecule has 3 rings (SSSR count). The number of ether oxygens (including phenoxy) is 1. The Bertz CT molecular complexity index is 1040. The number of hydrogen-bond acceptors (Lipinski definition) is 5. The van der Waals surface area contributed by atoms with Crippen molar-refractivity contribution in [3.63, 3.8) is 0 Å². The van der Waals surface area contributed by atoms with Gasteiger partial charge in [-0.15, -0.1) is 5.10 Å². The molecule has 3 aromatic rings. The molecule has 8 heteroatoms. The molecule has 0 aliphatic rings. The Labute approximate surface area is 169 Å². The summed E-state index contributed by atoms with van der Waals surface area (Å²) < 4.78 is 8.42. The van der Waals surface area contributed by atoms with E-state index in [1.165, 1.54) is 10.7 Å². The maximum Gasteiger partial charge on any atom is 0.266 e. The molecule has 8 nitrogen and oxygen atoms in total. The van der Waals surface area contributed by atoms with Gasteiger partial charge in [0, 0.05) is 18.3 Å². The fourth-order valence-corrected chi connectivity index (χ4v) is 2.99. The van der Waals surface area contributed by atoms with Crippen molar-refractivity contribution in [3.8, 4) is 11.6 Å². The molecular weight excluding hydrogens is 370 g/mol. The first-order chi connectivity index (χ1) is 14.0. The van der Waals surface area contributed by atoms with E-state index in [9.17, 15) is 9.59 Å². The van der Waals surface area contributed by atoms with Crippen LogP contribution in [0.15, 0.2) is 47.3 Å². The van der Waals surface area contributed by atoms with Gasteiger partial charge >= 0.3 is 0 Å². The fraction of sp³-hybridized carbons (Fsp3) is 0.333. The SMILES string of the molecule is CCOc1ccc(CC(=O)NCCn2nc(-n3nc(C)cc3C)ccc2=O)cc1. The van der Waals surface area contributed by atoms with Crippen molar-refractivity contribution >= 4 is 5.91 Å². The number of benzene rings is 1. The summed E-state index contributed by atoms with van der Waals surface area (Å²) in [7, 11) is 0. The molecule has 0 fully saturated rings. The average molecular weight is 395 g/mol. The summed E-state index contributed by atoms with van der Waals surface area (Å²) in [6, 6.07) is 12.5. The predicted molar refractivity (Wildman–Crippen MR) is 109 cm³/mol. The highest BCUT2D eigenvalue weighted by Gasteiger charge is 2.08. The topological polar surface area (TPSA) is 91.0 Å². The van der Waals surface area contributed by atoms with Gasteiger partial charge in [0.2, 0.25) is 5.91 Å². The molecule has 2 heterocycles. The monoisotopic (exact) mass is 395 g/mol. The average Bonchev–Trinajstić information content (AvgIpc) is 3.03. The molecule has 152 valence electrons. The second-order valence-electron chi connectivity index (χ2n) is 6.70. The zero-order valence-corrected chi connectivity index (χ0v) is 16.9. The number of amides is 1. The molecule has 29 heavy (non-hydrogen) atoms. The number of aryl methyl sites for hydroxylation is 2. The van der Waals surface area contributed by atoms with E-state index in [0.29, 0.717) is 19.0 Å². The predicted octanol–water partition coefficient (Wildman–Crippen LogP) is 1.80. The molecular formula is C21H25N5O3. The molecule has 1 aromatic carbocycles. The number of rotatable bonds is 8. The minimum Gasteiger partial charge on any atom is -0.494 e. The number of carbonyl (C=O) groups excluding carboxylic acids is 1. The van der Waals surface area contributed by atoms with Gasteiger partial charge in [0.15, 0.2) is 5.82 Å². The third-order valence-corrected chi connectivity index (χ3v) is 4.32. The van der Waals surface area contributed by atoms with Crippen molar-refractivity contribution < 1.29 is 9.53 Å². The zero-order chi connectivity index (χ0) is 20.8. The molecule has 0 aliphatic carbocycles. The van der Waals surface area contributed by atoms with Gasteiger partial charge in [0.1, 0.15) is 5.75 Å². The zero-order valence-electron chi connectivity index (χ0n) is 16.9. The van der Waals surface area contributed by atoms with E-state index >= 15 is 0 Å². The van der Waals surface area contributed by atoms with Gasteiger partial charge in [-0.1, -0.05) is 12.1 Å². The summed E-state index contributed by atoms with van der Waals surface area (Å²) >= 11 is 0. The molecule has 1 N–H and O–H groups in total. The van der Waals surface area contributed by atoms with Crippen LogP contribution < -0.4 is 15.6 Å². The summed E-state index contributed by atoms with van der Waals surface area (Å²) in [6.45, 7) is 6.95. The molecule has 0 aliphatic heterocycles. The van der Waals surface area contributed by atoms with Crippen molar-refractivity contribution in [2.75, 3.05) is 13.2 Å². The van der Waals surface area contributed by atoms with E-state index in [1.54, 1.807) is 10.7 Å². The van der Waals surface area contributed by atoms with Crippen LogP contribution in [0, 0.1) is 13.8 Å². The van der Waals surface area contributed by atoms with Crippen LogP contribution in [0.3, 0.4) is 0 Å². The van der Waals surface area contributed by atoms with Crippen LogP contribution in [0.25, 0.3) is 5.82 Å². The van der Waals surface area contributed by atoms with Crippen LogP contribution >= 0.6 is 0 Å². The molecule has 0 spiro atoms. The van der Waals surface area contributed by atoms with Gasteiger partial charge in [-0.05, 0) is 50.6 Å². The van der Waals surface area contributed by atoms with Crippen molar-refractivity contribution in [2.24, 2.45) is 0 Å². The van der Waals surface area contributed by atoms with Crippen molar-refractivity contribution in [3.05, 3.63) is 69.8 Å². The molecule has 0 unspecified atom stereocenters. The summed E-state index contributed by atoms with van der Waals surface area (Å²) in [5.74, 6) is 1.23. The number of carbonyl (C=O) groups is 1. The van der Waals surface area contributed by atoms with Gasteiger partial charge in [0.25, 0.3) is 5.56 Å². The Hall–Kier alpha value is -3.42. The molecule has 0 bridgehead atoms. The van der Waals surface area contributed by atoms with Crippen LogP contribution in [0.5, 0.6) is 5.75 Å². The van der Waals surface area contributed by atoms with E-state index in [-0.39, 0.29) is 24.4 Å². The molecule has 0 saturated heterocycles. The Morgan fingerprint density at radius 1 is 1.10 bits per heavy atom. The molecule has 0 atom stereocenters. The van der Waals surface area contributed by atoms with Gasteiger partial charge in [-0.3, -0.25) is 9.59 Å². The fourth-order valence-electron chi connectivity index (χ4n) is 2.99. The van der Waals surface area contributed by atoms with Crippen LogP contribution in [-0.4, -0.2) is 38.6 Å². The highest BCUT2D eigenvalue weighted by atomic mass is 16.5. The molecule has 0 saturated carbocycles. The summed E-state index contributed by atoms with van der Waals surface area (Å²) in [6.07, 6.45) is 0.264. The molecule has 2 aromatic heterocycles. The Morgan fingerprint density at radius 2 is 1.86 bits per heavy atom. The lowest BCUT2D eigenvalue weighted by molar-refractivity contribution is -0.120. The number of nitrogens with zero attached hydrogens (tertiary/aromatic N) is 4. The normalized spacial score (nSPS) is 10.7. The minimum atomic E-state index is -0.226. The van der Waals surface area contributed by atoms with Crippen molar-refractivity contribution in [1.29, 1.82) is 0 Å². The second kappa shape index (κ2) is 9.18. The van der Waals surface area contributed by atoms with E-state index < -0.39 is 0 Å². The van der Waals surface area contributed by atoms with Crippen LogP contribution in [-0.2, 0) is 17.8 Å². The third-order valence-electron chi connectivity index (χ3n) is 4.32. The van der Waals surface area contributed by atoms with Crippen LogP contribution in [0.2, 0.25) is 0 Å². The second-order valence-corrected chi connectivity index (χ2v) is 6.70. The smallest absolute Gasteiger partial charge is 0.266 e. The van der Waals surface area contributed by atoms with Crippen molar-refractivity contribution in [1.82, 2.24) is 24.9 Å². The first-order valence-electron chi connectivity index (χ1n) is 9.56. The lowest BCUT2D eigenvalue weighted by Gasteiger charge is -2.09. The lowest BCUT2D eigenvalue weighted by atomic mass is 10.1. The summed E-state index contributed by atoms with van der Waals surface area (Å²) in [5.41, 5.74) is 2.48. The van der Waals surface area contributed by atoms with Gasteiger partial charge < -0.3 is 10.1 Å². The van der Waals surface area contributed by atoms with Crippen molar-refractivity contribution in [2.45, 2.75) is 33.7 Å². The first kappa shape index (κ1) is 20.3. The Kier molecular flexibility index (Phi) is 6.43. The summed E-state index contributed by atoms with van der Waals surface area (Å²) in [4.78, 5) is 24.3. The Morgan fingerprint density at radius 3 is 2.52 bits per heavy atom. The maximum absolute atomic E-state index is 12.2. The van der Waals surface area contributed by atoms with Gasteiger partial charge in [0.05, 0.1) is 25.3 Å². The minimum absolute atomic E-state index is 0.114. The highest BCUT2D eigenvalue weighted by Crippen LogP contribution is 2.12. The molecule has 1 amide bonds. The number of aromatic nitrogens is 4. The van der Waals surface area contributed by atoms with E-state index in [2.05, 4.69) is 15.5 Å².